The fourth-order valence-corrected chi connectivity index (χ4v) is 2.96. The molecule has 1 amide bonds. The molecule has 1 rings (SSSR count). The van der Waals surface area contributed by atoms with Crippen LogP contribution in [0.2, 0.25) is 0 Å². The topological polar surface area (TPSA) is 69.1 Å². The van der Waals surface area contributed by atoms with Crippen molar-refractivity contribution in [1.29, 1.82) is 0 Å². The van der Waals surface area contributed by atoms with Gasteiger partial charge in [0.1, 0.15) is 5.54 Å². The van der Waals surface area contributed by atoms with Crippen molar-refractivity contribution in [3.63, 3.8) is 0 Å². The van der Waals surface area contributed by atoms with Gasteiger partial charge in [-0.2, -0.15) is 11.8 Å². The van der Waals surface area contributed by atoms with E-state index in [1.807, 2.05) is 30.3 Å². The summed E-state index contributed by atoms with van der Waals surface area (Å²) in [6.45, 7) is 4.35. The van der Waals surface area contributed by atoms with Gasteiger partial charge in [0.25, 0.3) is 0 Å². The Morgan fingerprint density at radius 2 is 2.00 bits per heavy atom. The molecule has 4 heteroatoms. The number of primary amides is 1. The molecule has 3 nitrogen and oxygen atoms in total. The van der Waals surface area contributed by atoms with Crippen LogP contribution in [0, 0.1) is 5.92 Å². The molecule has 0 aliphatic rings. The second kappa shape index (κ2) is 6.81. The minimum atomic E-state index is -1.07. The molecule has 1 aromatic rings. The average molecular weight is 266 g/mol. The molecule has 0 saturated carbocycles. The van der Waals surface area contributed by atoms with E-state index in [1.165, 1.54) is 0 Å². The highest BCUT2D eigenvalue weighted by molar-refractivity contribution is 7.99. The van der Waals surface area contributed by atoms with E-state index in [9.17, 15) is 4.79 Å². The second-order valence-electron chi connectivity index (χ2n) is 4.73. The fourth-order valence-electron chi connectivity index (χ4n) is 1.57. The second-order valence-corrected chi connectivity index (χ2v) is 5.76. The number of carbonyl (C=O) groups excluding carboxylic acids is 1. The normalized spacial score (nSPS) is 15.9. The van der Waals surface area contributed by atoms with Crippen LogP contribution in [0.15, 0.2) is 30.3 Å². The van der Waals surface area contributed by atoms with Gasteiger partial charge in [-0.25, -0.2) is 0 Å². The fraction of sp³-hybridized carbons (Fsp3) is 0.500. The zero-order valence-corrected chi connectivity index (χ0v) is 11.9. The van der Waals surface area contributed by atoms with E-state index >= 15 is 0 Å². The highest BCUT2D eigenvalue weighted by atomic mass is 32.2. The van der Waals surface area contributed by atoms with Crippen LogP contribution in [0.4, 0.5) is 0 Å². The lowest BCUT2D eigenvalue weighted by Crippen LogP contribution is -2.51. The molecule has 0 aliphatic carbocycles. The van der Waals surface area contributed by atoms with Gasteiger partial charge in [0.15, 0.2) is 0 Å². The Bertz CT molecular complexity index is 383. The predicted octanol–water partition coefficient (Wildman–Crippen LogP) is 2.11. The molecular formula is C14H22N2OS. The Hall–Kier alpha value is -1.00. The Morgan fingerprint density at radius 1 is 1.39 bits per heavy atom. The van der Waals surface area contributed by atoms with E-state index in [0.29, 0.717) is 11.7 Å². The van der Waals surface area contributed by atoms with Gasteiger partial charge in [-0.1, -0.05) is 50.6 Å². The van der Waals surface area contributed by atoms with Crippen molar-refractivity contribution in [1.82, 2.24) is 0 Å². The zero-order chi connectivity index (χ0) is 13.6. The maximum Gasteiger partial charge on any atom is 0.242 e. The van der Waals surface area contributed by atoms with Gasteiger partial charge in [0.05, 0.1) is 0 Å². The summed E-state index contributed by atoms with van der Waals surface area (Å²) < 4.78 is 0. The Balaban J connectivity index is 2.73. The van der Waals surface area contributed by atoms with Crippen molar-refractivity contribution in [2.75, 3.05) is 11.5 Å². The van der Waals surface area contributed by atoms with Gasteiger partial charge in [0, 0.05) is 5.75 Å². The molecule has 18 heavy (non-hydrogen) atoms. The summed E-state index contributed by atoms with van der Waals surface area (Å²) >= 11 is 1.69. The van der Waals surface area contributed by atoms with Crippen LogP contribution < -0.4 is 11.5 Å². The van der Waals surface area contributed by atoms with E-state index in [2.05, 4.69) is 13.8 Å². The molecule has 0 bridgehead atoms. The van der Waals surface area contributed by atoms with Crippen LogP contribution in [0.1, 0.15) is 25.8 Å². The lowest BCUT2D eigenvalue weighted by Gasteiger charge is -2.26. The average Bonchev–Trinajstić information content (AvgIpc) is 2.39. The monoisotopic (exact) mass is 266 g/mol. The molecule has 1 aromatic carbocycles. The van der Waals surface area contributed by atoms with Crippen LogP contribution in [-0.2, 0) is 10.3 Å². The van der Waals surface area contributed by atoms with Crippen LogP contribution in [-0.4, -0.2) is 17.4 Å². The molecule has 0 spiro atoms. The van der Waals surface area contributed by atoms with Gasteiger partial charge in [-0.15, -0.1) is 0 Å². The number of hydrogen-bond donors (Lipinski definition) is 2. The molecular weight excluding hydrogens is 244 g/mol. The van der Waals surface area contributed by atoms with Crippen LogP contribution in [0.5, 0.6) is 0 Å². The number of nitrogens with two attached hydrogens (primary N) is 2. The largest absolute Gasteiger partial charge is 0.368 e. The standard InChI is InChI=1S/C14H22N2OS/c1-3-11(2)9-18-10-14(16,13(15)17)12-7-5-4-6-8-12/h4-8,11H,3,9-10,16H2,1-2H3,(H2,15,17). The third-order valence-corrected chi connectivity index (χ3v) is 4.62. The van der Waals surface area contributed by atoms with Crippen molar-refractivity contribution in [3.05, 3.63) is 35.9 Å². The Morgan fingerprint density at radius 3 is 2.50 bits per heavy atom. The third-order valence-electron chi connectivity index (χ3n) is 3.16. The minimum Gasteiger partial charge on any atom is -0.368 e. The van der Waals surface area contributed by atoms with Gasteiger partial charge in [-0.3, -0.25) is 4.79 Å². The van der Waals surface area contributed by atoms with Crippen LogP contribution in [0.25, 0.3) is 0 Å². The molecule has 0 aliphatic heterocycles. The smallest absolute Gasteiger partial charge is 0.242 e. The van der Waals surface area contributed by atoms with Crippen molar-refractivity contribution < 1.29 is 4.79 Å². The first-order valence-electron chi connectivity index (χ1n) is 6.22. The zero-order valence-electron chi connectivity index (χ0n) is 11.1. The first kappa shape index (κ1) is 15.1. The summed E-state index contributed by atoms with van der Waals surface area (Å²) in [4.78, 5) is 11.7. The molecule has 4 N–H and O–H groups in total. The van der Waals surface area contributed by atoms with Gasteiger partial charge < -0.3 is 11.5 Å². The molecule has 0 saturated heterocycles. The third kappa shape index (κ3) is 3.75. The summed E-state index contributed by atoms with van der Waals surface area (Å²) in [6, 6.07) is 9.36. The SMILES string of the molecule is CCC(C)CSCC(N)(C(N)=O)c1ccccc1. The first-order chi connectivity index (χ1) is 8.50. The number of amides is 1. The summed E-state index contributed by atoms with van der Waals surface area (Å²) in [5.41, 5.74) is 11.4. The molecule has 0 aromatic heterocycles. The summed E-state index contributed by atoms with van der Waals surface area (Å²) in [7, 11) is 0. The molecule has 2 atom stereocenters. The Labute approximate surface area is 113 Å². The minimum absolute atomic E-state index is 0.467. The van der Waals surface area contributed by atoms with E-state index in [4.69, 9.17) is 11.5 Å². The number of carbonyl (C=O) groups is 1. The molecule has 0 heterocycles. The van der Waals surface area contributed by atoms with E-state index < -0.39 is 11.4 Å². The number of rotatable bonds is 7. The molecule has 0 fully saturated rings. The van der Waals surface area contributed by atoms with Crippen molar-refractivity contribution in [2.24, 2.45) is 17.4 Å². The lowest BCUT2D eigenvalue weighted by molar-refractivity contribution is -0.122. The summed E-state index contributed by atoms with van der Waals surface area (Å²) in [5, 5.41) is 0. The van der Waals surface area contributed by atoms with Crippen molar-refractivity contribution >= 4 is 17.7 Å². The number of hydrogen-bond acceptors (Lipinski definition) is 3. The van der Waals surface area contributed by atoms with Crippen molar-refractivity contribution in [3.8, 4) is 0 Å². The number of benzene rings is 1. The Kier molecular flexibility index (Phi) is 5.69. The first-order valence-corrected chi connectivity index (χ1v) is 7.38. The van der Waals surface area contributed by atoms with Gasteiger partial charge in [0.2, 0.25) is 5.91 Å². The molecule has 0 radical (unpaired) electrons. The van der Waals surface area contributed by atoms with Crippen molar-refractivity contribution in [2.45, 2.75) is 25.8 Å². The summed E-state index contributed by atoms with van der Waals surface area (Å²) in [6.07, 6.45) is 1.13. The van der Waals surface area contributed by atoms with Gasteiger partial charge >= 0.3 is 0 Å². The molecule has 2 unspecified atom stereocenters. The van der Waals surface area contributed by atoms with E-state index in [0.717, 1.165) is 17.7 Å². The number of thioether (sulfide) groups is 1. The van der Waals surface area contributed by atoms with Crippen LogP contribution >= 0.6 is 11.8 Å². The molecule has 100 valence electrons. The maximum atomic E-state index is 11.7. The summed E-state index contributed by atoms with van der Waals surface area (Å²) in [5.74, 6) is 1.68. The van der Waals surface area contributed by atoms with Crippen LogP contribution in [0.3, 0.4) is 0 Å². The predicted molar refractivity (Wildman–Crippen MR) is 78.3 cm³/mol. The maximum absolute atomic E-state index is 11.7. The lowest BCUT2D eigenvalue weighted by atomic mass is 9.92. The highest BCUT2D eigenvalue weighted by Gasteiger charge is 2.33. The quantitative estimate of drug-likeness (QED) is 0.794. The highest BCUT2D eigenvalue weighted by Crippen LogP contribution is 2.24. The van der Waals surface area contributed by atoms with E-state index in [1.54, 1.807) is 11.8 Å². The van der Waals surface area contributed by atoms with E-state index in [-0.39, 0.29) is 0 Å². The van der Waals surface area contributed by atoms with Gasteiger partial charge in [-0.05, 0) is 17.2 Å².